The third kappa shape index (κ3) is 2.92. The van der Waals surface area contributed by atoms with Gasteiger partial charge in [-0.2, -0.15) is 0 Å². The zero-order valence-electron chi connectivity index (χ0n) is 9.82. The summed E-state index contributed by atoms with van der Waals surface area (Å²) in [5.74, 6) is 1.49. The first kappa shape index (κ1) is 11.4. The highest BCUT2D eigenvalue weighted by Gasteiger charge is 2.27. The average Bonchev–Trinajstić information content (AvgIpc) is 2.74. The molecule has 0 amide bonds. The van der Waals surface area contributed by atoms with Crippen molar-refractivity contribution in [2.45, 2.75) is 32.2 Å². The Kier molecular flexibility index (Phi) is 4.00. The lowest BCUT2D eigenvalue weighted by Crippen LogP contribution is -2.45. The molecule has 0 aromatic rings. The number of piperidine rings is 1. The van der Waals surface area contributed by atoms with Crippen LogP contribution in [0.5, 0.6) is 0 Å². The van der Waals surface area contributed by atoms with Crippen LogP contribution >= 0.6 is 0 Å². The van der Waals surface area contributed by atoms with Crippen LogP contribution in [0, 0.1) is 11.8 Å². The van der Waals surface area contributed by atoms with E-state index in [-0.39, 0.29) is 0 Å². The first-order chi connectivity index (χ1) is 7.29. The molecule has 3 heteroatoms. The molecule has 88 valence electrons. The Morgan fingerprint density at radius 3 is 2.80 bits per heavy atom. The highest BCUT2D eigenvalue weighted by Crippen LogP contribution is 2.24. The average molecular weight is 212 g/mol. The van der Waals surface area contributed by atoms with E-state index >= 15 is 0 Å². The van der Waals surface area contributed by atoms with Gasteiger partial charge in [-0.3, -0.25) is 4.90 Å². The van der Waals surface area contributed by atoms with Crippen LogP contribution in [0.3, 0.4) is 0 Å². The fraction of sp³-hybridized carbons (Fsp3) is 1.00. The fourth-order valence-corrected chi connectivity index (χ4v) is 2.77. The van der Waals surface area contributed by atoms with Gasteiger partial charge >= 0.3 is 0 Å². The predicted molar refractivity (Wildman–Crippen MR) is 61.7 cm³/mol. The monoisotopic (exact) mass is 212 g/mol. The second-order valence-corrected chi connectivity index (χ2v) is 5.21. The highest BCUT2D eigenvalue weighted by molar-refractivity contribution is 4.81. The van der Waals surface area contributed by atoms with Gasteiger partial charge in [-0.1, -0.05) is 0 Å². The van der Waals surface area contributed by atoms with E-state index in [9.17, 15) is 0 Å². The summed E-state index contributed by atoms with van der Waals surface area (Å²) in [4.78, 5) is 2.63. The lowest BCUT2D eigenvalue weighted by Gasteiger charge is -2.38. The van der Waals surface area contributed by atoms with Crippen LogP contribution in [-0.2, 0) is 4.74 Å². The molecule has 2 aliphatic rings. The molecule has 3 atom stereocenters. The van der Waals surface area contributed by atoms with Gasteiger partial charge in [0.25, 0.3) is 0 Å². The van der Waals surface area contributed by atoms with E-state index in [0.717, 1.165) is 37.6 Å². The maximum atomic E-state index is 5.77. The molecule has 2 saturated heterocycles. The Bertz CT molecular complexity index is 192. The minimum atomic E-state index is 0.725. The Morgan fingerprint density at radius 1 is 1.27 bits per heavy atom. The molecule has 0 spiro atoms. The molecule has 3 unspecified atom stereocenters. The third-order valence-electron chi connectivity index (χ3n) is 3.96. The van der Waals surface area contributed by atoms with Crippen molar-refractivity contribution in [3.05, 3.63) is 0 Å². The summed E-state index contributed by atoms with van der Waals surface area (Å²) < 4.78 is 5.44. The maximum Gasteiger partial charge on any atom is 0.0507 e. The number of hydrogen-bond donors (Lipinski definition) is 1. The van der Waals surface area contributed by atoms with Gasteiger partial charge in [0.1, 0.15) is 0 Å². The zero-order valence-corrected chi connectivity index (χ0v) is 9.82. The first-order valence-corrected chi connectivity index (χ1v) is 6.31. The summed E-state index contributed by atoms with van der Waals surface area (Å²) in [6.45, 7) is 7.56. The molecule has 0 aromatic heterocycles. The van der Waals surface area contributed by atoms with Crippen molar-refractivity contribution in [1.82, 2.24) is 4.90 Å². The minimum Gasteiger partial charge on any atom is -0.381 e. The normalized spacial score (nSPS) is 38.4. The van der Waals surface area contributed by atoms with Gasteiger partial charge in [-0.15, -0.1) is 0 Å². The summed E-state index contributed by atoms with van der Waals surface area (Å²) in [5, 5.41) is 0. The van der Waals surface area contributed by atoms with Crippen molar-refractivity contribution in [2.75, 3.05) is 32.8 Å². The molecule has 3 nitrogen and oxygen atoms in total. The predicted octanol–water partition coefficient (Wildman–Crippen LogP) is 1.08. The topological polar surface area (TPSA) is 38.5 Å². The van der Waals surface area contributed by atoms with Gasteiger partial charge in [-0.25, -0.2) is 0 Å². The lowest BCUT2D eigenvalue weighted by molar-refractivity contribution is 0.0949. The van der Waals surface area contributed by atoms with Crippen molar-refractivity contribution in [3.8, 4) is 0 Å². The van der Waals surface area contributed by atoms with E-state index < -0.39 is 0 Å². The molecule has 2 aliphatic heterocycles. The molecule has 0 bridgehead atoms. The summed E-state index contributed by atoms with van der Waals surface area (Å²) in [5.41, 5.74) is 5.77. The van der Waals surface area contributed by atoms with Crippen molar-refractivity contribution >= 4 is 0 Å². The van der Waals surface area contributed by atoms with E-state index in [4.69, 9.17) is 10.5 Å². The Morgan fingerprint density at radius 2 is 2.13 bits per heavy atom. The highest BCUT2D eigenvalue weighted by atomic mass is 16.5. The second kappa shape index (κ2) is 5.28. The first-order valence-electron chi connectivity index (χ1n) is 6.31. The van der Waals surface area contributed by atoms with Crippen molar-refractivity contribution < 1.29 is 4.74 Å². The van der Waals surface area contributed by atoms with E-state index in [2.05, 4.69) is 11.8 Å². The number of hydrogen-bond acceptors (Lipinski definition) is 3. The number of ether oxygens (including phenoxy) is 1. The molecule has 2 rings (SSSR count). The third-order valence-corrected chi connectivity index (χ3v) is 3.96. The molecule has 0 radical (unpaired) electrons. The number of nitrogens with two attached hydrogens (primary N) is 1. The molecule has 2 fully saturated rings. The van der Waals surface area contributed by atoms with Crippen LogP contribution in [0.2, 0.25) is 0 Å². The Hall–Kier alpha value is -0.120. The van der Waals surface area contributed by atoms with Crippen LogP contribution < -0.4 is 5.73 Å². The molecule has 0 aliphatic carbocycles. The van der Waals surface area contributed by atoms with Crippen LogP contribution in [0.4, 0.5) is 0 Å². The summed E-state index contributed by atoms with van der Waals surface area (Å²) in [7, 11) is 0. The van der Waals surface area contributed by atoms with Crippen LogP contribution in [0.15, 0.2) is 0 Å². The van der Waals surface area contributed by atoms with Gasteiger partial charge < -0.3 is 10.5 Å². The Balaban J connectivity index is 1.82. The molecule has 15 heavy (non-hydrogen) atoms. The van der Waals surface area contributed by atoms with Crippen molar-refractivity contribution in [1.29, 1.82) is 0 Å². The van der Waals surface area contributed by atoms with Gasteiger partial charge in [0.15, 0.2) is 0 Å². The summed E-state index contributed by atoms with van der Waals surface area (Å²) >= 11 is 0. The molecule has 2 N–H and O–H groups in total. The molecule has 0 saturated carbocycles. The van der Waals surface area contributed by atoms with Crippen LogP contribution in [0.25, 0.3) is 0 Å². The molecule has 2 heterocycles. The summed E-state index contributed by atoms with van der Waals surface area (Å²) in [6, 6.07) is 0.744. The van der Waals surface area contributed by atoms with E-state index in [1.54, 1.807) is 0 Å². The van der Waals surface area contributed by atoms with E-state index in [0.29, 0.717) is 0 Å². The maximum absolute atomic E-state index is 5.77. The number of rotatable bonds is 3. The molecular formula is C12H24N2O. The standard InChI is InChI=1S/C12H24N2O/c1-10-2-3-11(6-13)7-14(10)8-12-4-5-15-9-12/h10-12H,2-9,13H2,1H3. The smallest absolute Gasteiger partial charge is 0.0507 e. The van der Waals surface area contributed by atoms with Crippen molar-refractivity contribution in [2.24, 2.45) is 17.6 Å². The lowest BCUT2D eigenvalue weighted by atomic mass is 9.92. The van der Waals surface area contributed by atoms with Crippen LogP contribution in [0.1, 0.15) is 26.2 Å². The SMILES string of the molecule is CC1CCC(CN)CN1CC1CCOC1. The number of nitrogens with zero attached hydrogens (tertiary/aromatic N) is 1. The van der Waals surface area contributed by atoms with E-state index in [1.807, 2.05) is 0 Å². The van der Waals surface area contributed by atoms with Crippen LogP contribution in [-0.4, -0.2) is 43.8 Å². The zero-order chi connectivity index (χ0) is 10.7. The quantitative estimate of drug-likeness (QED) is 0.761. The largest absolute Gasteiger partial charge is 0.381 e. The van der Waals surface area contributed by atoms with Gasteiger partial charge in [0, 0.05) is 25.7 Å². The fourth-order valence-electron chi connectivity index (χ4n) is 2.77. The molecule has 0 aromatic carbocycles. The van der Waals surface area contributed by atoms with Crippen molar-refractivity contribution in [3.63, 3.8) is 0 Å². The van der Waals surface area contributed by atoms with Gasteiger partial charge in [0.2, 0.25) is 0 Å². The van der Waals surface area contributed by atoms with Gasteiger partial charge in [0.05, 0.1) is 6.61 Å². The van der Waals surface area contributed by atoms with E-state index in [1.165, 1.54) is 32.4 Å². The second-order valence-electron chi connectivity index (χ2n) is 5.21. The Labute approximate surface area is 93.0 Å². The minimum absolute atomic E-state index is 0.725. The number of likely N-dealkylation sites (tertiary alicyclic amines) is 1. The molecular weight excluding hydrogens is 188 g/mol. The van der Waals surface area contributed by atoms with Gasteiger partial charge in [-0.05, 0) is 44.6 Å². The summed E-state index contributed by atoms with van der Waals surface area (Å²) in [6.07, 6.45) is 3.88.